The summed E-state index contributed by atoms with van der Waals surface area (Å²) < 4.78 is 20.3. The summed E-state index contributed by atoms with van der Waals surface area (Å²) in [5.74, 6) is 0.998. The minimum absolute atomic E-state index is 0.0136. The van der Waals surface area contributed by atoms with E-state index in [-0.39, 0.29) is 17.6 Å². The smallest absolute Gasteiger partial charge is 0.225 e. The van der Waals surface area contributed by atoms with Crippen LogP contribution in [-0.4, -0.2) is 46.1 Å². The number of benzene rings is 2. The molecule has 9 heteroatoms. The van der Waals surface area contributed by atoms with Crippen LogP contribution in [0.5, 0.6) is 5.75 Å². The Labute approximate surface area is 209 Å². The van der Waals surface area contributed by atoms with Crippen LogP contribution in [-0.2, 0) is 11.3 Å². The van der Waals surface area contributed by atoms with E-state index >= 15 is 0 Å². The summed E-state index contributed by atoms with van der Waals surface area (Å²) in [5.41, 5.74) is 4.36. The van der Waals surface area contributed by atoms with E-state index in [1.54, 1.807) is 19.2 Å². The van der Waals surface area contributed by atoms with Gasteiger partial charge in [0.05, 0.1) is 35.5 Å². The van der Waals surface area contributed by atoms with Crippen molar-refractivity contribution >= 4 is 22.6 Å². The molecule has 1 N–H and O–H groups in total. The van der Waals surface area contributed by atoms with E-state index in [1.807, 2.05) is 42.8 Å². The molecule has 2 aromatic heterocycles. The number of ether oxygens (including phenoxy) is 1. The summed E-state index contributed by atoms with van der Waals surface area (Å²) in [5, 5.41) is 17.8. The molecule has 8 nitrogen and oxygen atoms in total. The summed E-state index contributed by atoms with van der Waals surface area (Å²) in [7, 11) is 1.64. The molecule has 0 unspecified atom stereocenters. The van der Waals surface area contributed by atoms with Crippen LogP contribution in [0.15, 0.2) is 48.5 Å². The Kier molecular flexibility index (Phi) is 6.54. The van der Waals surface area contributed by atoms with Crippen molar-refractivity contribution in [1.82, 2.24) is 25.3 Å². The second kappa shape index (κ2) is 9.93. The number of nitrogens with zero attached hydrogens (tertiary/aromatic N) is 5. The maximum atomic E-state index is 13.2. The van der Waals surface area contributed by atoms with E-state index in [2.05, 4.69) is 20.4 Å². The van der Waals surface area contributed by atoms with Gasteiger partial charge in [-0.3, -0.25) is 4.79 Å². The molecule has 0 saturated carbocycles. The quantitative estimate of drug-likeness (QED) is 0.440. The first-order valence-corrected chi connectivity index (χ1v) is 12.1. The number of rotatable bonds is 6. The van der Waals surface area contributed by atoms with E-state index in [0.717, 1.165) is 58.7 Å². The van der Waals surface area contributed by atoms with Crippen LogP contribution in [0.2, 0.25) is 0 Å². The van der Waals surface area contributed by atoms with Gasteiger partial charge in [-0.15, -0.1) is 5.10 Å². The topological polar surface area (TPSA) is 85.2 Å². The van der Waals surface area contributed by atoms with E-state index < -0.39 is 0 Å². The van der Waals surface area contributed by atoms with Crippen molar-refractivity contribution < 1.29 is 13.9 Å². The van der Waals surface area contributed by atoms with Crippen molar-refractivity contribution in [3.05, 3.63) is 71.3 Å². The number of aromatic nitrogens is 4. The molecule has 0 radical (unpaired) electrons. The first-order chi connectivity index (χ1) is 17.4. The summed E-state index contributed by atoms with van der Waals surface area (Å²) in [6.07, 6.45) is 1.66. The van der Waals surface area contributed by atoms with Gasteiger partial charge < -0.3 is 15.0 Å². The Bertz CT molecular complexity index is 1380. The summed E-state index contributed by atoms with van der Waals surface area (Å²) in [6, 6.07) is 13.9. The third-order valence-corrected chi connectivity index (χ3v) is 6.77. The molecule has 1 atom stereocenters. The van der Waals surface area contributed by atoms with Crippen molar-refractivity contribution in [2.24, 2.45) is 5.92 Å². The van der Waals surface area contributed by atoms with Gasteiger partial charge in [0.15, 0.2) is 5.82 Å². The molecule has 1 aliphatic rings. The Balaban J connectivity index is 1.38. The summed E-state index contributed by atoms with van der Waals surface area (Å²) in [6.45, 7) is 5.66. The van der Waals surface area contributed by atoms with Crippen molar-refractivity contribution in [1.29, 1.82) is 0 Å². The Morgan fingerprint density at radius 3 is 2.58 bits per heavy atom. The van der Waals surface area contributed by atoms with Crippen LogP contribution >= 0.6 is 0 Å². The highest BCUT2D eigenvalue weighted by atomic mass is 19.1. The number of fused-ring (bicyclic) bond motifs is 1. The number of anilines is 1. The molecule has 3 heterocycles. The minimum Gasteiger partial charge on any atom is -0.497 e. The second-order valence-electron chi connectivity index (χ2n) is 9.16. The summed E-state index contributed by atoms with van der Waals surface area (Å²) in [4.78, 5) is 15.1. The van der Waals surface area contributed by atoms with Gasteiger partial charge in [0.2, 0.25) is 5.91 Å². The van der Waals surface area contributed by atoms with Gasteiger partial charge in [-0.25, -0.2) is 9.07 Å². The molecule has 1 aliphatic heterocycles. The van der Waals surface area contributed by atoms with Crippen molar-refractivity contribution in [3.8, 4) is 11.4 Å². The van der Waals surface area contributed by atoms with Crippen LogP contribution < -0.4 is 15.0 Å². The molecule has 36 heavy (non-hydrogen) atoms. The zero-order valence-corrected chi connectivity index (χ0v) is 20.7. The Morgan fingerprint density at radius 1 is 1.11 bits per heavy atom. The van der Waals surface area contributed by atoms with Crippen molar-refractivity contribution in [2.45, 2.75) is 33.2 Å². The number of carbonyl (C=O) groups is 1. The first kappa shape index (κ1) is 23.7. The molecule has 1 fully saturated rings. The predicted molar refractivity (Wildman–Crippen MR) is 136 cm³/mol. The molecule has 0 spiro atoms. The fraction of sp³-hybridized carbons (Fsp3) is 0.333. The van der Waals surface area contributed by atoms with Crippen LogP contribution in [0, 0.1) is 25.6 Å². The maximum absolute atomic E-state index is 13.2. The molecule has 1 amide bonds. The minimum atomic E-state index is -0.289. The fourth-order valence-corrected chi connectivity index (χ4v) is 4.82. The lowest BCUT2D eigenvalue weighted by molar-refractivity contribution is -0.125. The fourth-order valence-electron chi connectivity index (χ4n) is 4.82. The Morgan fingerprint density at radius 2 is 1.86 bits per heavy atom. The average molecular weight is 489 g/mol. The van der Waals surface area contributed by atoms with E-state index in [0.29, 0.717) is 18.9 Å². The van der Waals surface area contributed by atoms with E-state index in [9.17, 15) is 9.18 Å². The Hall–Kier alpha value is -4.01. The molecule has 2 aromatic carbocycles. The molecule has 1 saturated heterocycles. The number of halogens is 1. The van der Waals surface area contributed by atoms with Crippen molar-refractivity contribution in [3.63, 3.8) is 0 Å². The van der Waals surface area contributed by atoms with E-state index in [1.165, 1.54) is 12.1 Å². The number of aryl methyl sites for hydroxylation is 2. The molecule has 0 bridgehead atoms. The SMILES string of the molecule is COc1ccc(-n2nc3c(N4CCC[C@H](C(=O)NCc5ccc(F)cc5)C4)nnc(C)c3c2C)cc1. The molecular formula is C27H29FN6O2. The predicted octanol–water partition coefficient (Wildman–Crippen LogP) is 4.11. The molecule has 5 rings (SSSR count). The van der Waals surface area contributed by atoms with Crippen molar-refractivity contribution in [2.75, 3.05) is 25.1 Å². The monoisotopic (exact) mass is 488 g/mol. The lowest BCUT2D eigenvalue weighted by Gasteiger charge is -2.32. The summed E-state index contributed by atoms with van der Waals surface area (Å²) >= 11 is 0. The average Bonchev–Trinajstić information content (AvgIpc) is 3.26. The first-order valence-electron chi connectivity index (χ1n) is 12.1. The van der Waals surface area contributed by atoms with Gasteiger partial charge in [-0.1, -0.05) is 12.1 Å². The lowest BCUT2D eigenvalue weighted by Crippen LogP contribution is -2.43. The van der Waals surface area contributed by atoms with Gasteiger partial charge in [0.25, 0.3) is 0 Å². The number of carbonyl (C=O) groups excluding carboxylic acids is 1. The number of hydrogen-bond donors (Lipinski definition) is 1. The number of nitrogens with one attached hydrogen (secondary N) is 1. The van der Waals surface area contributed by atoms with Crippen LogP contribution in [0.4, 0.5) is 10.2 Å². The normalized spacial score (nSPS) is 15.8. The van der Waals surface area contributed by atoms with Gasteiger partial charge >= 0.3 is 0 Å². The standard InChI is InChI=1S/C27H29FN6O2/c1-17-24-18(2)34(22-10-12-23(36-3)13-11-22)32-25(24)26(31-30-17)33-14-4-5-20(16-33)27(35)29-15-19-6-8-21(28)9-7-19/h6-13,20H,4-5,14-16H2,1-3H3,(H,29,35)/t20-/m0/s1. The molecular weight excluding hydrogens is 459 g/mol. The largest absolute Gasteiger partial charge is 0.497 e. The van der Waals surface area contributed by atoms with Crippen LogP contribution in [0.25, 0.3) is 16.6 Å². The molecule has 0 aliphatic carbocycles. The molecule has 186 valence electrons. The zero-order chi connectivity index (χ0) is 25.2. The van der Waals surface area contributed by atoms with Gasteiger partial charge in [0.1, 0.15) is 17.1 Å². The molecule has 4 aromatic rings. The van der Waals surface area contributed by atoms with Crippen LogP contribution in [0.1, 0.15) is 29.8 Å². The lowest BCUT2D eigenvalue weighted by atomic mass is 9.97. The number of methoxy groups -OCH3 is 1. The van der Waals surface area contributed by atoms with Crippen LogP contribution in [0.3, 0.4) is 0 Å². The van der Waals surface area contributed by atoms with Gasteiger partial charge in [-0.2, -0.15) is 10.2 Å². The highest BCUT2D eigenvalue weighted by Crippen LogP contribution is 2.32. The third kappa shape index (κ3) is 4.60. The zero-order valence-electron chi connectivity index (χ0n) is 20.7. The highest BCUT2D eigenvalue weighted by molar-refractivity contribution is 5.92. The number of amides is 1. The maximum Gasteiger partial charge on any atom is 0.225 e. The third-order valence-electron chi connectivity index (χ3n) is 6.77. The van der Waals surface area contributed by atoms with Gasteiger partial charge in [0, 0.05) is 19.6 Å². The second-order valence-corrected chi connectivity index (χ2v) is 9.16. The number of hydrogen-bond acceptors (Lipinski definition) is 6. The van der Waals surface area contributed by atoms with E-state index in [4.69, 9.17) is 9.84 Å². The highest BCUT2D eigenvalue weighted by Gasteiger charge is 2.29. The van der Waals surface area contributed by atoms with Gasteiger partial charge in [-0.05, 0) is 68.7 Å². The number of piperidine rings is 1.